The first-order chi connectivity index (χ1) is 11.7. The van der Waals surface area contributed by atoms with Crippen LogP contribution in [-0.4, -0.2) is 48.1 Å². The van der Waals surface area contributed by atoms with Crippen LogP contribution in [0.3, 0.4) is 0 Å². The molecular formula is C18H19ClN4O. The molecule has 2 fully saturated rings. The number of hydrogen-bond acceptors (Lipinski definition) is 5. The smallest absolute Gasteiger partial charge is 0.196 e. The minimum absolute atomic E-state index is 0.504. The number of benzene rings is 1. The molecule has 0 spiro atoms. The van der Waals surface area contributed by atoms with Gasteiger partial charge in [-0.25, -0.2) is 9.97 Å². The Morgan fingerprint density at radius 2 is 1.92 bits per heavy atom. The van der Waals surface area contributed by atoms with Gasteiger partial charge in [0.15, 0.2) is 11.4 Å². The summed E-state index contributed by atoms with van der Waals surface area (Å²) in [6.07, 6.45) is 2.37. The van der Waals surface area contributed by atoms with Crippen molar-refractivity contribution in [1.82, 2.24) is 14.9 Å². The molecule has 5 rings (SSSR count). The number of rotatable bonds is 2. The van der Waals surface area contributed by atoms with Gasteiger partial charge in [-0.05, 0) is 38.1 Å². The molecule has 1 aromatic carbocycles. The number of likely N-dealkylation sites (N-methyl/N-ethyl adjacent to an activating group) is 1. The van der Waals surface area contributed by atoms with E-state index in [1.165, 1.54) is 12.8 Å². The van der Waals surface area contributed by atoms with E-state index >= 15 is 0 Å². The second kappa shape index (κ2) is 5.33. The molecule has 1 saturated carbocycles. The van der Waals surface area contributed by atoms with Gasteiger partial charge in [0.2, 0.25) is 0 Å². The van der Waals surface area contributed by atoms with Gasteiger partial charge in [-0.15, -0.1) is 0 Å². The van der Waals surface area contributed by atoms with Gasteiger partial charge in [0.05, 0.1) is 0 Å². The lowest BCUT2D eigenvalue weighted by molar-refractivity contribution is 0.312. The summed E-state index contributed by atoms with van der Waals surface area (Å²) in [5.41, 5.74) is 2.52. The standard InChI is InChI=1S/C18H19ClN4O/c1-22-6-8-23(9-7-22)18-16-15(20-17(21-18)11-2-3-11)13-10-12(19)4-5-14(13)24-16/h4-5,10-11H,2-3,6-9H2,1H3. The number of fused-ring (bicyclic) bond motifs is 3. The van der Waals surface area contributed by atoms with Crippen molar-refractivity contribution in [2.75, 3.05) is 38.1 Å². The maximum Gasteiger partial charge on any atom is 0.196 e. The molecule has 0 unspecified atom stereocenters. The van der Waals surface area contributed by atoms with Gasteiger partial charge in [-0.2, -0.15) is 0 Å². The van der Waals surface area contributed by atoms with E-state index in [9.17, 15) is 0 Å². The summed E-state index contributed by atoms with van der Waals surface area (Å²) in [6, 6.07) is 5.72. The van der Waals surface area contributed by atoms with E-state index in [-0.39, 0.29) is 0 Å². The van der Waals surface area contributed by atoms with E-state index in [1.54, 1.807) is 0 Å². The Bertz CT molecular complexity index is 926. The zero-order valence-electron chi connectivity index (χ0n) is 13.6. The summed E-state index contributed by atoms with van der Waals surface area (Å²) in [5.74, 6) is 2.41. The number of piperazine rings is 1. The predicted molar refractivity (Wildman–Crippen MR) is 96.0 cm³/mol. The fraction of sp³-hybridized carbons (Fsp3) is 0.444. The molecule has 1 aliphatic carbocycles. The zero-order valence-corrected chi connectivity index (χ0v) is 14.4. The molecular weight excluding hydrogens is 324 g/mol. The van der Waals surface area contributed by atoms with Crippen LogP contribution in [0.2, 0.25) is 5.02 Å². The molecule has 1 aliphatic heterocycles. The van der Waals surface area contributed by atoms with Gasteiger partial charge in [-0.1, -0.05) is 11.6 Å². The van der Waals surface area contributed by atoms with Crippen LogP contribution < -0.4 is 4.90 Å². The average molecular weight is 343 g/mol. The van der Waals surface area contributed by atoms with Gasteiger partial charge < -0.3 is 14.2 Å². The van der Waals surface area contributed by atoms with Gasteiger partial charge in [-0.3, -0.25) is 0 Å². The Morgan fingerprint density at radius 1 is 1.12 bits per heavy atom. The predicted octanol–water partition coefficient (Wildman–Crippen LogP) is 3.66. The molecule has 0 radical (unpaired) electrons. The second-order valence-electron chi connectivity index (χ2n) is 6.89. The van der Waals surface area contributed by atoms with Crippen LogP contribution in [0.15, 0.2) is 22.6 Å². The second-order valence-corrected chi connectivity index (χ2v) is 7.33. The highest BCUT2D eigenvalue weighted by molar-refractivity contribution is 6.31. The van der Waals surface area contributed by atoms with Crippen LogP contribution in [0, 0.1) is 0 Å². The first kappa shape index (κ1) is 14.5. The van der Waals surface area contributed by atoms with Crippen LogP contribution in [0.5, 0.6) is 0 Å². The quantitative estimate of drug-likeness (QED) is 0.711. The lowest BCUT2D eigenvalue weighted by atomic mass is 10.2. The van der Waals surface area contributed by atoms with E-state index < -0.39 is 0 Å². The molecule has 24 heavy (non-hydrogen) atoms. The molecule has 0 N–H and O–H groups in total. The first-order valence-corrected chi connectivity index (χ1v) is 8.90. The Hall–Kier alpha value is -1.85. The molecule has 3 aromatic rings. The van der Waals surface area contributed by atoms with Gasteiger partial charge in [0, 0.05) is 42.5 Å². The highest BCUT2D eigenvalue weighted by Gasteiger charge is 2.30. The van der Waals surface area contributed by atoms with E-state index in [0.29, 0.717) is 10.9 Å². The van der Waals surface area contributed by atoms with Crippen LogP contribution >= 0.6 is 11.6 Å². The molecule has 3 heterocycles. The monoisotopic (exact) mass is 342 g/mol. The Kier molecular flexibility index (Phi) is 3.22. The zero-order chi connectivity index (χ0) is 16.3. The van der Waals surface area contributed by atoms with E-state index in [2.05, 4.69) is 16.8 Å². The summed E-state index contributed by atoms with van der Waals surface area (Å²) < 4.78 is 6.13. The SMILES string of the molecule is CN1CCN(c2nc(C3CC3)nc3c2oc2ccc(Cl)cc23)CC1. The highest BCUT2D eigenvalue weighted by atomic mass is 35.5. The molecule has 5 nitrogen and oxygen atoms in total. The normalized spacial score (nSPS) is 19.5. The molecule has 2 aliphatic rings. The number of nitrogens with zero attached hydrogens (tertiary/aromatic N) is 4. The molecule has 0 atom stereocenters. The minimum atomic E-state index is 0.504. The largest absolute Gasteiger partial charge is 0.450 e. The van der Waals surface area contributed by atoms with Crippen molar-refractivity contribution in [3.63, 3.8) is 0 Å². The minimum Gasteiger partial charge on any atom is -0.450 e. The van der Waals surface area contributed by atoms with Crippen molar-refractivity contribution in [1.29, 1.82) is 0 Å². The third-order valence-electron chi connectivity index (χ3n) is 5.02. The number of hydrogen-bond donors (Lipinski definition) is 0. The number of aromatic nitrogens is 2. The Labute approximate surface area is 145 Å². The molecule has 6 heteroatoms. The van der Waals surface area contributed by atoms with Crippen LogP contribution in [-0.2, 0) is 0 Å². The highest BCUT2D eigenvalue weighted by Crippen LogP contribution is 2.42. The van der Waals surface area contributed by atoms with Gasteiger partial charge >= 0.3 is 0 Å². The molecule has 2 aromatic heterocycles. The lowest BCUT2D eigenvalue weighted by Crippen LogP contribution is -2.45. The summed E-state index contributed by atoms with van der Waals surface area (Å²) >= 11 is 6.19. The van der Waals surface area contributed by atoms with Crippen LogP contribution in [0.1, 0.15) is 24.6 Å². The van der Waals surface area contributed by atoms with Crippen molar-refractivity contribution in [2.24, 2.45) is 0 Å². The van der Waals surface area contributed by atoms with Crippen molar-refractivity contribution in [3.8, 4) is 0 Å². The lowest BCUT2D eigenvalue weighted by Gasteiger charge is -2.33. The maximum atomic E-state index is 6.19. The first-order valence-electron chi connectivity index (χ1n) is 8.52. The fourth-order valence-corrected chi connectivity index (χ4v) is 3.55. The van der Waals surface area contributed by atoms with Gasteiger partial charge in [0.1, 0.15) is 16.9 Å². The van der Waals surface area contributed by atoms with Crippen LogP contribution in [0.25, 0.3) is 22.1 Å². The molecule has 1 saturated heterocycles. The topological polar surface area (TPSA) is 45.4 Å². The Morgan fingerprint density at radius 3 is 2.67 bits per heavy atom. The summed E-state index contributed by atoms with van der Waals surface area (Å²) in [7, 11) is 2.16. The molecule has 124 valence electrons. The number of anilines is 1. The molecule has 0 bridgehead atoms. The number of furan rings is 1. The average Bonchev–Trinajstić information content (AvgIpc) is 3.37. The third kappa shape index (κ3) is 2.34. The van der Waals surface area contributed by atoms with Crippen molar-refractivity contribution >= 4 is 39.5 Å². The van der Waals surface area contributed by atoms with E-state index in [0.717, 1.165) is 59.9 Å². The van der Waals surface area contributed by atoms with Crippen molar-refractivity contribution in [3.05, 3.63) is 29.0 Å². The van der Waals surface area contributed by atoms with Crippen molar-refractivity contribution in [2.45, 2.75) is 18.8 Å². The van der Waals surface area contributed by atoms with Crippen LogP contribution in [0.4, 0.5) is 5.82 Å². The van der Waals surface area contributed by atoms with E-state index in [4.69, 9.17) is 26.0 Å². The van der Waals surface area contributed by atoms with Gasteiger partial charge in [0.25, 0.3) is 0 Å². The fourth-order valence-electron chi connectivity index (χ4n) is 3.37. The maximum absolute atomic E-state index is 6.19. The number of halogens is 1. The van der Waals surface area contributed by atoms with Crippen molar-refractivity contribution < 1.29 is 4.42 Å². The van der Waals surface area contributed by atoms with E-state index in [1.807, 2.05) is 18.2 Å². The summed E-state index contributed by atoms with van der Waals surface area (Å²) in [4.78, 5) is 14.4. The summed E-state index contributed by atoms with van der Waals surface area (Å²) in [6.45, 7) is 4.00. The summed E-state index contributed by atoms with van der Waals surface area (Å²) in [5, 5.41) is 1.69. The molecule has 0 amide bonds. The third-order valence-corrected chi connectivity index (χ3v) is 5.25. The Balaban J connectivity index is 1.73.